The Hall–Kier alpha value is -1.10. The molecule has 3 amide bonds. The van der Waals surface area contributed by atoms with Crippen LogP contribution in [-0.4, -0.2) is 42.5 Å². The molecule has 0 aliphatic carbocycles. The van der Waals surface area contributed by atoms with E-state index in [-0.39, 0.29) is 11.9 Å². The highest BCUT2D eigenvalue weighted by molar-refractivity contribution is 5.96. The number of urea groups is 1. The van der Waals surface area contributed by atoms with Crippen molar-refractivity contribution in [1.82, 2.24) is 15.5 Å². The van der Waals surface area contributed by atoms with Gasteiger partial charge in [0, 0.05) is 6.54 Å². The minimum Gasteiger partial charge on any atom is -0.338 e. The SMILES string of the molecule is CCCN(CCC)[C@@H](C)C(=O)NC(=O)NCC. The number of nitrogens with zero attached hydrogens (tertiary/aromatic N) is 1. The average molecular weight is 243 g/mol. The highest BCUT2D eigenvalue weighted by Gasteiger charge is 2.21. The molecular formula is C12H25N3O2. The Bertz CT molecular complexity index is 238. The summed E-state index contributed by atoms with van der Waals surface area (Å²) in [5.74, 6) is -0.238. The van der Waals surface area contributed by atoms with Crippen molar-refractivity contribution in [3.63, 3.8) is 0 Å². The summed E-state index contributed by atoms with van der Waals surface area (Å²) < 4.78 is 0. The van der Waals surface area contributed by atoms with E-state index in [1.165, 1.54) is 0 Å². The van der Waals surface area contributed by atoms with E-state index < -0.39 is 6.03 Å². The third-order valence-corrected chi connectivity index (χ3v) is 2.52. The highest BCUT2D eigenvalue weighted by Crippen LogP contribution is 2.02. The van der Waals surface area contributed by atoms with Gasteiger partial charge in [0.25, 0.3) is 0 Å². The van der Waals surface area contributed by atoms with Gasteiger partial charge >= 0.3 is 6.03 Å². The predicted molar refractivity (Wildman–Crippen MR) is 68.8 cm³/mol. The van der Waals surface area contributed by atoms with Gasteiger partial charge in [-0.3, -0.25) is 15.0 Å². The second kappa shape index (κ2) is 8.98. The van der Waals surface area contributed by atoms with Gasteiger partial charge in [-0.05, 0) is 39.8 Å². The van der Waals surface area contributed by atoms with E-state index in [2.05, 4.69) is 29.4 Å². The molecule has 2 N–H and O–H groups in total. The van der Waals surface area contributed by atoms with Crippen molar-refractivity contribution in [3.05, 3.63) is 0 Å². The van der Waals surface area contributed by atoms with Crippen LogP contribution in [0.2, 0.25) is 0 Å². The van der Waals surface area contributed by atoms with E-state index in [4.69, 9.17) is 0 Å². The average Bonchev–Trinajstić information content (AvgIpc) is 2.28. The summed E-state index contributed by atoms with van der Waals surface area (Å²) >= 11 is 0. The smallest absolute Gasteiger partial charge is 0.321 e. The van der Waals surface area contributed by atoms with Gasteiger partial charge in [0.1, 0.15) is 0 Å². The molecule has 0 spiro atoms. The molecule has 1 atom stereocenters. The maximum atomic E-state index is 11.8. The molecule has 0 unspecified atom stereocenters. The summed E-state index contributed by atoms with van der Waals surface area (Å²) in [6.45, 7) is 10.1. The van der Waals surface area contributed by atoms with Crippen molar-refractivity contribution >= 4 is 11.9 Å². The lowest BCUT2D eigenvalue weighted by Gasteiger charge is -2.27. The summed E-state index contributed by atoms with van der Waals surface area (Å²) in [6.07, 6.45) is 2.00. The van der Waals surface area contributed by atoms with Crippen molar-refractivity contribution < 1.29 is 9.59 Å². The molecule has 17 heavy (non-hydrogen) atoms. The van der Waals surface area contributed by atoms with Crippen LogP contribution in [0.1, 0.15) is 40.5 Å². The number of nitrogens with one attached hydrogen (secondary N) is 2. The topological polar surface area (TPSA) is 61.4 Å². The van der Waals surface area contributed by atoms with E-state index in [1.807, 2.05) is 13.8 Å². The van der Waals surface area contributed by atoms with E-state index in [0.717, 1.165) is 25.9 Å². The van der Waals surface area contributed by atoms with Gasteiger partial charge in [-0.2, -0.15) is 0 Å². The normalized spacial score (nSPS) is 12.3. The number of imide groups is 1. The Morgan fingerprint density at radius 1 is 1.12 bits per heavy atom. The highest BCUT2D eigenvalue weighted by atomic mass is 16.2. The first kappa shape index (κ1) is 15.9. The van der Waals surface area contributed by atoms with Crippen LogP contribution >= 0.6 is 0 Å². The number of amides is 3. The fourth-order valence-electron chi connectivity index (χ4n) is 1.66. The van der Waals surface area contributed by atoms with Gasteiger partial charge in [-0.1, -0.05) is 13.8 Å². The number of hydrogen-bond donors (Lipinski definition) is 2. The van der Waals surface area contributed by atoms with Gasteiger partial charge in [-0.25, -0.2) is 4.79 Å². The van der Waals surface area contributed by atoms with Crippen LogP contribution in [0.5, 0.6) is 0 Å². The third kappa shape index (κ3) is 6.26. The molecule has 0 fully saturated rings. The zero-order chi connectivity index (χ0) is 13.3. The van der Waals surface area contributed by atoms with Gasteiger partial charge in [0.2, 0.25) is 5.91 Å². The summed E-state index contributed by atoms with van der Waals surface area (Å²) in [5, 5.41) is 4.89. The Kier molecular flexibility index (Phi) is 8.40. The monoisotopic (exact) mass is 243 g/mol. The summed E-state index contributed by atoms with van der Waals surface area (Å²) in [4.78, 5) is 25.1. The van der Waals surface area contributed by atoms with Crippen molar-refractivity contribution in [2.24, 2.45) is 0 Å². The predicted octanol–water partition coefficient (Wildman–Crippen LogP) is 1.34. The Labute approximate surface area is 104 Å². The number of rotatable bonds is 7. The first-order chi connectivity index (χ1) is 8.06. The summed E-state index contributed by atoms with van der Waals surface area (Å²) in [7, 11) is 0. The van der Waals surface area contributed by atoms with Crippen molar-refractivity contribution in [3.8, 4) is 0 Å². The first-order valence-electron chi connectivity index (χ1n) is 6.39. The number of hydrogen-bond acceptors (Lipinski definition) is 3. The molecule has 5 nitrogen and oxygen atoms in total. The molecule has 0 saturated carbocycles. The fraction of sp³-hybridized carbons (Fsp3) is 0.833. The summed E-state index contributed by atoms with van der Waals surface area (Å²) in [6, 6.07) is -0.685. The Morgan fingerprint density at radius 2 is 1.65 bits per heavy atom. The molecule has 100 valence electrons. The van der Waals surface area contributed by atoms with Crippen LogP contribution in [0.25, 0.3) is 0 Å². The summed E-state index contributed by atoms with van der Waals surface area (Å²) in [5.41, 5.74) is 0. The van der Waals surface area contributed by atoms with Crippen LogP contribution in [-0.2, 0) is 4.79 Å². The van der Waals surface area contributed by atoms with Gasteiger partial charge in [0.05, 0.1) is 6.04 Å². The maximum absolute atomic E-state index is 11.8. The number of carbonyl (C=O) groups is 2. The van der Waals surface area contributed by atoms with E-state index in [0.29, 0.717) is 6.54 Å². The molecule has 0 radical (unpaired) electrons. The number of carbonyl (C=O) groups excluding carboxylic acids is 2. The lowest BCUT2D eigenvalue weighted by Crippen LogP contribution is -2.50. The molecule has 0 aromatic carbocycles. The van der Waals surface area contributed by atoms with E-state index in [1.54, 1.807) is 0 Å². The maximum Gasteiger partial charge on any atom is 0.321 e. The zero-order valence-electron chi connectivity index (χ0n) is 11.4. The molecule has 0 aromatic heterocycles. The van der Waals surface area contributed by atoms with Crippen LogP contribution in [0.15, 0.2) is 0 Å². The van der Waals surface area contributed by atoms with Crippen LogP contribution in [0.4, 0.5) is 4.79 Å². The molecule has 0 saturated heterocycles. The first-order valence-corrected chi connectivity index (χ1v) is 6.39. The van der Waals surface area contributed by atoms with Gasteiger partial charge in [0.15, 0.2) is 0 Å². The molecule has 0 heterocycles. The van der Waals surface area contributed by atoms with Crippen molar-refractivity contribution in [2.45, 2.75) is 46.6 Å². The molecule has 0 rings (SSSR count). The van der Waals surface area contributed by atoms with Crippen LogP contribution in [0, 0.1) is 0 Å². The molecule has 0 aromatic rings. The quantitative estimate of drug-likeness (QED) is 0.709. The standard InChI is InChI=1S/C12H25N3O2/c1-5-8-15(9-6-2)10(4)11(16)14-12(17)13-7-3/h10H,5-9H2,1-4H3,(H2,13,14,16,17)/t10-/m0/s1. The molecular weight excluding hydrogens is 218 g/mol. The van der Waals surface area contributed by atoms with Crippen LogP contribution < -0.4 is 10.6 Å². The van der Waals surface area contributed by atoms with Gasteiger partial charge in [-0.15, -0.1) is 0 Å². The van der Waals surface area contributed by atoms with Crippen LogP contribution in [0.3, 0.4) is 0 Å². The second-order valence-corrected chi connectivity index (χ2v) is 4.06. The molecule has 0 aliphatic heterocycles. The second-order valence-electron chi connectivity index (χ2n) is 4.06. The van der Waals surface area contributed by atoms with E-state index in [9.17, 15) is 9.59 Å². The molecule has 0 aliphatic rings. The van der Waals surface area contributed by atoms with Crippen molar-refractivity contribution in [2.75, 3.05) is 19.6 Å². The van der Waals surface area contributed by atoms with Crippen molar-refractivity contribution in [1.29, 1.82) is 0 Å². The minimum absolute atomic E-state index is 0.238. The lowest BCUT2D eigenvalue weighted by molar-refractivity contribution is -0.124. The fourth-order valence-corrected chi connectivity index (χ4v) is 1.66. The molecule has 0 bridgehead atoms. The van der Waals surface area contributed by atoms with E-state index >= 15 is 0 Å². The lowest BCUT2D eigenvalue weighted by atomic mass is 10.2. The van der Waals surface area contributed by atoms with Gasteiger partial charge < -0.3 is 5.32 Å². The molecule has 5 heteroatoms. The largest absolute Gasteiger partial charge is 0.338 e. The third-order valence-electron chi connectivity index (χ3n) is 2.52. The Balaban J connectivity index is 4.28. The Morgan fingerprint density at radius 3 is 2.06 bits per heavy atom. The minimum atomic E-state index is -0.419. The zero-order valence-corrected chi connectivity index (χ0v) is 11.4.